The lowest BCUT2D eigenvalue weighted by Crippen LogP contribution is -2.30. The summed E-state index contributed by atoms with van der Waals surface area (Å²) in [5.74, 6) is 0.305. The van der Waals surface area contributed by atoms with Gasteiger partial charge in [0.1, 0.15) is 11.4 Å². The lowest BCUT2D eigenvalue weighted by Gasteiger charge is -2.32. The Morgan fingerprint density at radius 1 is 0.885 bits per heavy atom. The molecule has 0 saturated carbocycles. The second-order valence-corrected chi connectivity index (χ2v) is 5.84. The molecule has 0 heterocycles. The first-order valence-corrected chi connectivity index (χ1v) is 8.25. The molecule has 3 aromatic carbocycles. The molecule has 0 unspecified atom stereocenters. The van der Waals surface area contributed by atoms with Gasteiger partial charge in [0.15, 0.2) is 13.1 Å². The molecule has 0 amide bonds. The van der Waals surface area contributed by atoms with E-state index in [9.17, 15) is 9.90 Å². The van der Waals surface area contributed by atoms with Crippen LogP contribution >= 0.6 is 0 Å². The highest BCUT2D eigenvalue weighted by atomic mass is 16.7. The van der Waals surface area contributed by atoms with Crippen molar-refractivity contribution in [2.24, 2.45) is 0 Å². The molecule has 1 N–H and O–H groups in total. The summed E-state index contributed by atoms with van der Waals surface area (Å²) in [5, 5.41) is 11.9. The van der Waals surface area contributed by atoms with Gasteiger partial charge in [0.2, 0.25) is 0 Å². The summed E-state index contributed by atoms with van der Waals surface area (Å²) in [6, 6.07) is 23.8. The Balaban J connectivity index is 2.29. The van der Waals surface area contributed by atoms with Crippen LogP contribution in [0.5, 0.6) is 5.75 Å². The van der Waals surface area contributed by atoms with Crippen molar-refractivity contribution in [3.05, 3.63) is 101 Å². The third-order valence-electron chi connectivity index (χ3n) is 4.27. The first-order valence-electron chi connectivity index (χ1n) is 8.25. The maximum atomic E-state index is 11.9. The standard InChI is InChI=1S/C22H20O4/c1-25-16-26-21-17(15-23)9-8-14-20(21)22(24,18-10-4-2-5-11-18)19-12-6-3-7-13-19/h2-15,24H,16H2,1H3. The Kier molecular flexibility index (Phi) is 5.46. The first-order chi connectivity index (χ1) is 12.7. The number of carbonyl (C=O) groups excluding carboxylic acids is 1. The topological polar surface area (TPSA) is 55.8 Å². The number of hydrogen-bond acceptors (Lipinski definition) is 4. The summed E-state index contributed by atoms with van der Waals surface area (Å²) in [4.78, 5) is 11.5. The van der Waals surface area contributed by atoms with Gasteiger partial charge in [0.05, 0.1) is 5.56 Å². The fraction of sp³-hybridized carbons (Fsp3) is 0.136. The fourth-order valence-electron chi connectivity index (χ4n) is 3.05. The van der Waals surface area contributed by atoms with Crippen molar-refractivity contribution in [2.45, 2.75) is 5.60 Å². The zero-order chi connectivity index (χ0) is 18.4. The van der Waals surface area contributed by atoms with Crippen molar-refractivity contribution in [1.82, 2.24) is 0 Å². The molecule has 0 atom stereocenters. The number of methoxy groups -OCH3 is 1. The number of rotatable bonds is 7. The first kappa shape index (κ1) is 17.9. The molecule has 0 aliphatic carbocycles. The van der Waals surface area contributed by atoms with E-state index in [0.717, 1.165) is 0 Å². The maximum absolute atomic E-state index is 11.9. The van der Waals surface area contributed by atoms with Crippen molar-refractivity contribution < 1.29 is 19.4 Å². The molecule has 4 heteroatoms. The van der Waals surface area contributed by atoms with Crippen molar-refractivity contribution in [3.63, 3.8) is 0 Å². The van der Waals surface area contributed by atoms with Gasteiger partial charge in [-0.15, -0.1) is 0 Å². The Bertz CT molecular complexity index is 820. The van der Waals surface area contributed by atoms with Gasteiger partial charge in [-0.3, -0.25) is 4.79 Å². The van der Waals surface area contributed by atoms with E-state index in [1.54, 1.807) is 18.2 Å². The van der Waals surface area contributed by atoms with E-state index in [2.05, 4.69) is 0 Å². The van der Waals surface area contributed by atoms with E-state index in [0.29, 0.717) is 34.3 Å². The molecular weight excluding hydrogens is 328 g/mol. The smallest absolute Gasteiger partial charge is 0.188 e. The predicted octanol–water partition coefficient (Wildman–Crippen LogP) is 3.77. The van der Waals surface area contributed by atoms with Gasteiger partial charge in [-0.1, -0.05) is 72.8 Å². The molecule has 3 rings (SSSR count). The average Bonchev–Trinajstić information content (AvgIpc) is 2.72. The van der Waals surface area contributed by atoms with Crippen LogP contribution in [-0.2, 0) is 10.3 Å². The van der Waals surface area contributed by atoms with Crippen molar-refractivity contribution in [1.29, 1.82) is 0 Å². The highest BCUT2D eigenvalue weighted by Gasteiger charge is 2.37. The lowest BCUT2D eigenvalue weighted by molar-refractivity contribution is 0.0449. The van der Waals surface area contributed by atoms with Gasteiger partial charge < -0.3 is 14.6 Å². The van der Waals surface area contributed by atoms with Gasteiger partial charge in [-0.05, 0) is 17.2 Å². The summed E-state index contributed by atoms with van der Waals surface area (Å²) in [7, 11) is 1.50. The Hall–Kier alpha value is -2.95. The van der Waals surface area contributed by atoms with E-state index >= 15 is 0 Å². The number of aldehydes is 1. The zero-order valence-electron chi connectivity index (χ0n) is 14.5. The molecule has 3 aromatic rings. The van der Waals surface area contributed by atoms with Gasteiger partial charge in [-0.25, -0.2) is 0 Å². The highest BCUT2D eigenvalue weighted by molar-refractivity contribution is 5.81. The summed E-state index contributed by atoms with van der Waals surface area (Å²) < 4.78 is 10.7. The van der Waals surface area contributed by atoms with Gasteiger partial charge >= 0.3 is 0 Å². The van der Waals surface area contributed by atoms with Crippen molar-refractivity contribution in [3.8, 4) is 5.75 Å². The number of aliphatic hydroxyl groups is 1. The van der Waals surface area contributed by atoms with Crippen LogP contribution in [0, 0.1) is 0 Å². The van der Waals surface area contributed by atoms with E-state index < -0.39 is 5.60 Å². The Morgan fingerprint density at radius 3 is 1.96 bits per heavy atom. The number of carbonyl (C=O) groups is 1. The molecule has 132 valence electrons. The number of benzene rings is 3. The minimum atomic E-state index is -1.48. The highest BCUT2D eigenvalue weighted by Crippen LogP contribution is 2.42. The van der Waals surface area contributed by atoms with Crippen LogP contribution in [0.1, 0.15) is 27.0 Å². The molecule has 0 fully saturated rings. The van der Waals surface area contributed by atoms with E-state index in [-0.39, 0.29) is 6.79 Å². The minimum absolute atomic E-state index is 0.0302. The van der Waals surface area contributed by atoms with E-state index in [1.807, 2.05) is 60.7 Å². The average molecular weight is 348 g/mol. The van der Waals surface area contributed by atoms with E-state index in [4.69, 9.17) is 9.47 Å². The summed E-state index contributed by atoms with van der Waals surface area (Å²) in [5.41, 5.74) is 0.708. The van der Waals surface area contributed by atoms with Crippen LogP contribution in [0.25, 0.3) is 0 Å². The molecule has 26 heavy (non-hydrogen) atoms. The second-order valence-electron chi connectivity index (χ2n) is 5.84. The van der Waals surface area contributed by atoms with E-state index in [1.165, 1.54) is 7.11 Å². The third-order valence-corrected chi connectivity index (χ3v) is 4.27. The molecule has 0 aliphatic heterocycles. The lowest BCUT2D eigenvalue weighted by atomic mass is 9.79. The monoisotopic (exact) mass is 348 g/mol. The summed E-state index contributed by atoms with van der Waals surface area (Å²) in [6.07, 6.45) is 0.713. The van der Waals surface area contributed by atoms with Crippen LogP contribution < -0.4 is 4.74 Å². The molecule has 0 radical (unpaired) electrons. The largest absolute Gasteiger partial charge is 0.466 e. The molecule has 0 saturated heterocycles. The number of hydrogen-bond donors (Lipinski definition) is 1. The number of para-hydroxylation sites is 1. The Labute approximate surface area is 152 Å². The van der Waals surface area contributed by atoms with Crippen molar-refractivity contribution >= 4 is 6.29 Å². The molecule has 0 bridgehead atoms. The zero-order valence-corrected chi connectivity index (χ0v) is 14.5. The fourth-order valence-corrected chi connectivity index (χ4v) is 3.05. The predicted molar refractivity (Wildman–Crippen MR) is 99.3 cm³/mol. The summed E-state index contributed by atoms with van der Waals surface area (Å²) in [6.45, 7) is -0.0302. The van der Waals surface area contributed by atoms with Crippen LogP contribution in [0.3, 0.4) is 0 Å². The summed E-state index contributed by atoms with van der Waals surface area (Å²) >= 11 is 0. The minimum Gasteiger partial charge on any atom is -0.466 e. The molecule has 4 nitrogen and oxygen atoms in total. The second kappa shape index (κ2) is 7.95. The number of ether oxygens (including phenoxy) is 2. The maximum Gasteiger partial charge on any atom is 0.188 e. The van der Waals surface area contributed by atoms with Crippen LogP contribution in [0.15, 0.2) is 78.9 Å². The van der Waals surface area contributed by atoms with Crippen LogP contribution in [0.2, 0.25) is 0 Å². The van der Waals surface area contributed by atoms with Gasteiger partial charge in [-0.2, -0.15) is 0 Å². The SMILES string of the molecule is COCOc1c(C=O)cccc1C(O)(c1ccccc1)c1ccccc1. The quantitative estimate of drug-likeness (QED) is 0.401. The normalized spacial score (nSPS) is 11.2. The van der Waals surface area contributed by atoms with Gasteiger partial charge in [0, 0.05) is 12.7 Å². The third kappa shape index (κ3) is 3.25. The molecule has 0 aromatic heterocycles. The molecular formula is C22H20O4. The van der Waals surface area contributed by atoms with Crippen molar-refractivity contribution in [2.75, 3.05) is 13.9 Å². The van der Waals surface area contributed by atoms with Crippen LogP contribution in [-0.4, -0.2) is 25.3 Å². The molecule has 0 aliphatic rings. The Morgan fingerprint density at radius 2 is 1.46 bits per heavy atom. The van der Waals surface area contributed by atoms with Crippen LogP contribution in [0.4, 0.5) is 0 Å². The molecule has 0 spiro atoms. The van der Waals surface area contributed by atoms with Gasteiger partial charge in [0.25, 0.3) is 0 Å².